The van der Waals surface area contributed by atoms with Crippen molar-refractivity contribution in [1.29, 1.82) is 0 Å². The molecule has 0 aliphatic rings. The van der Waals surface area contributed by atoms with E-state index < -0.39 is 11.9 Å². The molecule has 0 saturated heterocycles. The minimum absolute atomic E-state index is 0.0749. The second-order valence-corrected chi connectivity index (χ2v) is 3.82. The monoisotopic (exact) mass is 264 g/mol. The van der Waals surface area contributed by atoms with E-state index in [1.165, 1.54) is 30.5 Å². The third-order valence-corrected chi connectivity index (χ3v) is 2.52. The Morgan fingerprint density at radius 2 is 2.06 bits per heavy atom. The Morgan fingerprint density at radius 1 is 1.28 bits per heavy atom. The van der Waals surface area contributed by atoms with Gasteiger partial charge in [-0.25, -0.2) is 0 Å². The molecule has 1 heterocycles. The van der Waals surface area contributed by atoms with Crippen molar-refractivity contribution in [2.75, 3.05) is 5.32 Å². The SMILES string of the molecule is O=C([O-])c1ccc(Cl)c(NC(=O)c2ccco2)c1. The van der Waals surface area contributed by atoms with Crippen molar-refractivity contribution < 1.29 is 19.1 Å². The molecular weight excluding hydrogens is 258 g/mol. The summed E-state index contributed by atoms with van der Waals surface area (Å²) in [5, 5.41) is 13.4. The zero-order valence-corrected chi connectivity index (χ0v) is 9.73. The van der Waals surface area contributed by atoms with Gasteiger partial charge in [0.15, 0.2) is 5.76 Å². The molecule has 0 spiro atoms. The van der Waals surface area contributed by atoms with E-state index in [-0.39, 0.29) is 22.0 Å². The highest BCUT2D eigenvalue weighted by Crippen LogP contribution is 2.23. The maximum absolute atomic E-state index is 11.7. The molecule has 1 aromatic heterocycles. The fourth-order valence-electron chi connectivity index (χ4n) is 1.34. The standard InChI is InChI=1S/C12H8ClNO4/c13-8-4-3-7(12(16)17)6-9(8)14-11(15)10-2-1-5-18-10/h1-6H,(H,14,15)(H,16,17)/p-1. The number of benzene rings is 1. The summed E-state index contributed by atoms with van der Waals surface area (Å²) >= 11 is 5.85. The lowest BCUT2D eigenvalue weighted by Gasteiger charge is -2.09. The van der Waals surface area contributed by atoms with Crippen LogP contribution in [0.2, 0.25) is 5.02 Å². The minimum Gasteiger partial charge on any atom is -0.545 e. The highest BCUT2D eigenvalue weighted by molar-refractivity contribution is 6.34. The van der Waals surface area contributed by atoms with E-state index in [1.807, 2.05) is 0 Å². The number of carbonyl (C=O) groups is 2. The normalized spacial score (nSPS) is 10.1. The zero-order valence-electron chi connectivity index (χ0n) is 8.98. The summed E-state index contributed by atoms with van der Waals surface area (Å²) in [6.45, 7) is 0. The molecule has 18 heavy (non-hydrogen) atoms. The highest BCUT2D eigenvalue weighted by atomic mass is 35.5. The number of hydrogen-bond donors (Lipinski definition) is 1. The van der Waals surface area contributed by atoms with E-state index in [4.69, 9.17) is 16.0 Å². The molecule has 2 rings (SSSR count). The van der Waals surface area contributed by atoms with E-state index in [2.05, 4.69) is 5.32 Å². The number of furan rings is 1. The molecule has 0 fully saturated rings. The van der Waals surface area contributed by atoms with E-state index in [1.54, 1.807) is 6.07 Å². The van der Waals surface area contributed by atoms with Gasteiger partial charge in [0, 0.05) is 0 Å². The van der Waals surface area contributed by atoms with Gasteiger partial charge < -0.3 is 19.6 Å². The van der Waals surface area contributed by atoms with Gasteiger partial charge in [-0.2, -0.15) is 0 Å². The molecule has 2 aromatic rings. The average Bonchev–Trinajstić information content (AvgIpc) is 2.85. The Hall–Kier alpha value is -2.27. The molecular formula is C12H7ClNO4-. The van der Waals surface area contributed by atoms with Crippen molar-refractivity contribution in [3.05, 3.63) is 52.9 Å². The van der Waals surface area contributed by atoms with Gasteiger partial charge in [-0.05, 0) is 29.8 Å². The molecule has 0 aliphatic heterocycles. The average molecular weight is 265 g/mol. The first-order valence-corrected chi connectivity index (χ1v) is 5.31. The molecule has 0 bridgehead atoms. The van der Waals surface area contributed by atoms with Gasteiger partial charge in [0.1, 0.15) is 0 Å². The van der Waals surface area contributed by atoms with E-state index >= 15 is 0 Å². The second kappa shape index (κ2) is 4.93. The number of carboxylic acid groups (broad SMARTS) is 1. The number of rotatable bonds is 3. The Morgan fingerprint density at radius 3 is 2.67 bits per heavy atom. The molecule has 0 aliphatic carbocycles. The number of amides is 1. The van der Waals surface area contributed by atoms with E-state index in [9.17, 15) is 14.7 Å². The summed E-state index contributed by atoms with van der Waals surface area (Å²) in [6.07, 6.45) is 1.36. The predicted octanol–water partition coefficient (Wildman–Crippen LogP) is 1.55. The third-order valence-electron chi connectivity index (χ3n) is 2.20. The van der Waals surface area contributed by atoms with Crippen LogP contribution in [0.15, 0.2) is 41.0 Å². The molecule has 5 nitrogen and oxygen atoms in total. The molecule has 92 valence electrons. The van der Waals surface area contributed by atoms with Crippen molar-refractivity contribution in [2.24, 2.45) is 0 Å². The lowest BCUT2D eigenvalue weighted by Crippen LogP contribution is -2.22. The van der Waals surface area contributed by atoms with Gasteiger partial charge in [-0.1, -0.05) is 17.7 Å². The van der Waals surface area contributed by atoms with Crippen LogP contribution in [0.5, 0.6) is 0 Å². The van der Waals surface area contributed by atoms with Crippen LogP contribution < -0.4 is 10.4 Å². The Labute approximate surface area is 107 Å². The van der Waals surface area contributed by atoms with Crippen LogP contribution in [-0.4, -0.2) is 11.9 Å². The number of hydrogen-bond acceptors (Lipinski definition) is 4. The number of aromatic carboxylic acids is 1. The van der Waals surface area contributed by atoms with E-state index in [0.717, 1.165) is 0 Å². The highest BCUT2D eigenvalue weighted by Gasteiger charge is 2.11. The summed E-state index contributed by atoms with van der Waals surface area (Å²) in [4.78, 5) is 22.4. The number of halogens is 1. The molecule has 6 heteroatoms. The molecule has 1 N–H and O–H groups in total. The summed E-state index contributed by atoms with van der Waals surface area (Å²) in [5.74, 6) is -1.76. The van der Waals surface area contributed by atoms with E-state index in [0.29, 0.717) is 0 Å². The third kappa shape index (κ3) is 2.52. The lowest BCUT2D eigenvalue weighted by atomic mass is 10.2. The quantitative estimate of drug-likeness (QED) is 0.912. The summed E-state index contributed by atoms with van der Waals surface area (Å²) < 4.78 is 4.90. The maximum atomic E-state index is 11.7. The first kappa shape index (κ1) is 12.2. The molecule has 0 atom stereocenters. The Balaban J connectivity index is 2.26. The second-order valence-electron chi connectivity index (χ2n) is 3.41. The van der Waals surface area contributed by atoms with Crippen LogP contribution in [0.4, 0.5) is 5.69 Å². The predicted molar refractivity (Wildman–Crippen MR) is 62.4 cm³/mol. The van der Waals surface area contributed by atoms with Crippen molar-refractivity contribution in [1.82, 2.24) is 0 Å². The van der Waals surface area contributed by atoms with Gasteiger partial charge in [-0.15, -0.1) is 0 Å². The smallest absolute Gasteiger partial charge is 0.291 e. The number of anilines is 1. The molecule has 1 amide bonds. The summed E-state index contributed by atoms with van der Waals surface area (Å²) in [5.41, 5.74) is 0.105. The van der Waals surface area contributed by atoms with Crippen LogP contribution in [0.3, 0.4) is 0 Å². The fourth-order valence-corrected chi connectivity index (χ4v) is 1.50. The van der Waals surface area contributed by atoms with Crippen LogP contribution in [-0.2, 0) is 0 Å². The largest absolute Gasteiger partial charge is 0.545 e. The Bertz CT molecular complexity index is 592. The van der Waals surface area contributed by atoms with Crippen LogP contribution in [0, 0.1) is 0 Å². The number of carboxylic acids is 1. The van der Waals surface area contributed by atoms with Crippen molar-refractivity contribution in [3.8, 4) is 0 Å². The van der Waals surface area contributed by atoms with Crippen LogP contribution >= 0.6 is 11.6 Å². The van der Waals surface area contributed by atoms with Gasteiger partial charge >= 0.3 is 0 Å². The van der Waals surface area contributed by atoms with Crippen LogP contribution in [0.1, 0.15) is 20.9 Å². The van der Waals surface area contributed by atoms with Crippen molar-refractivity contribution in [2.45, 2.75) is 0 Å². The van der Waals surface area contributed by atoms with Crippen molar-refractivity contribution >= 4 is 29.2 Å². The minimum atomic E-state index is -1.35. The molecule has 0 saturated carbocycles. The first-order valence-electron chi connectivity index (χ1n) is 4.93. The Kier molecular flexibility index (Phi) is 3.34. The summed E-state index contributed by atoms with van der Waals surface area (Å²) in [7, 11) is 0. The number of nitrogens with one attached hydrogen (secondary N) is 1. The van der Waals surface area contributed by atoms with Gasteiger partial charge in [0.05, 0.1) is 22.9 Å². The molecule has 1 aromatic carbocycles. The maximum Gasteiger partial charge on any atom is 0.291 e. The van der Waals surface area contributed by atoms with Gasteiger partial charge in [0.25, 0.3) is 5.91 Å². The topological polar surface area (TPSA) is 82.4 Å². The number of carbonyl (C=O) groups excluding carboxylic acids is 2. The molecule has 0 radical (unpaired) electrons. The summed E-state index contributed by atoms with van der Waals surface area (Å²) in [6, 6.07) is 6.92. The fraction of sp³-hybridized carbons (Fsp3) is 0. The van der Waals surface area contributed by atoms with Crippen molar-refractivity contribution in [3.63, 3.8) is 0 Å². The lowest BCUT2D eigenvalue weighted by molar-refractivity contribution is -0.255. The van der Waals surface area contributed by atoms with Gasteiger partial charge in [-0.3, -0.25) is 4.79 Å². The van der Waals surface area contributed by atoms with Gasteiger partial charge in [0.2, 0.25) is 0 Å². The molecule has 0 unspecified atom stereocenters. The first-order chi connectivity index (χ1) is 8.58. The zero-order chi connectivity index (χ0) is 13.1. The van der Waals surface area contributed by atoms with Crippen LogP contribution in [0.25, 0.3) is 0 Å².